The summed E-state index contributed by atoms with van der Waals surface area (Å²) in [5, 5.41) is 0. The van der Waals surface area contributed by atoms with Gasteiger partial charge < -0.3 is 4.74 Å². The number of benzene rings is 2. The van der Waals surface area contributed by atoms with Crippen molar-refractivity contribution in [1.29, 1.82) is 0 Å². The van der Waals surface area contributed by atoms with Gasteiger partial charge in [-0.3, -0.25) is 0 Å². The van der Waals surface area contributed by atoms with E-state index in [9.17, 15) is 0 Å². The molecule has 0 heterocycles. The molecule has 4 heteroatoms. The number of methoxy groups -OCH3 is 1. The monoisotopic (exact) mass is 386 g/mol. The van der Waals surface area contributed by atoms with Gasteiger partial charge in [-0.2, -0.15) is 0 Å². The van der Waals surface area contributed by atoms with Gasteiger partial charge in [-0.15, -0.1) is 23.2 Å². The largest absolute Gasteiger partial charge is 0.496 e. The van der Waals surface area contributed by atoms with Crippen molar-refractivity contribution in [3.8, 4) is 5.75 Å². The van der Waals surface area contributed by atoms with Crippen LogP contribution in [-0.2, 0) is 11.8 Å². The summed E-state index contributed by atoms with van der Waals surface area (Å²) in [6.07, 6.45) is 0.737. The van der Waals surface area contributed by atoms with Crippen molar-refractivity contribution in [2.24, 2.45) is 0 Å². The van der Waals surface area contributed by atoms with Gasteiger partial charge in [-0.25, -0.2) is 0 Å². The summed E-state index contributed by atoms with van der Waals surface area (Å²) in [7, 11) is 1.68. The Morgan fingerprint density at radius 2 is 1.76 bits per heavy atom. The van der Waals surface area contributed by atoms with E-state index in [1.54, 1.807) is 7.11 Å². The predicted molar refractivity (Wildman–Crippen MR) is 94.0 cm³/mol. The van der Waals surface area contributed by atoms with Gasteiger partial charge in [0.1, 0.15) is 5.75 Å². The first-order valence-electron chi connectivity index (χ1n) is 6.65. The molecular formula is C17H17BrCl2O. The Kier molecular flexibility index (Phi) is 5.98. The van der Waals surface area contributed by atoms with E-state index in [-0.39, 0.29) is 5.41 Å². The van der Waals surface area contributed by atoms with Gasteiger partial charge in [0.25, 0.3) is 0 Å². The van der Waals surface area contributed by atoms with Crippen LogP contribution in [0, 0.1) is 0 Å². The zero-order valence-electron chi connectivity index (χ0n) is 11.8. The van der Waals surface area contributed by atoms with Crippen molar-refractivity contribution < 1.29 is 4.74 Å². The summed E-state index contributed by atoms with van der Waals surface area (Å²) < 4.78 is 6.47. The smallest absolute Gasteiger partial charge is 0.122 e. The lowest BCUT2D eigenvalue weighted by atomic mass is 9.78. The Bertz CT molecular complexity index is 597. The average Bonchev–Trinajstić information content (AvgIpc) is 2.53. The molecule has 0 N–H and O–H groups in total. The van der Waals surface area contributed by atoms with Crippen LogP contribution in [-0.4, -0.2) is 18.9 Å². The summed E-state index contributed by atoms with van der Waals surface area (Å²) >= 11 is 16.1. The van der Waals surface area contributed by atoms with Crippen molar-refractivity contribution in [2.75, 3.05) is 18.9 Å². The maximum Gasteiger partial charge on any atom is 0.122 e. The number of alkyl halides is 2. The third-order valence-electron chi connectivity index (χ3n) is 3.67. The third-order valence-corrected chi connectivity index (χ3v) is 5.19. The number of hydrogen-bond donors (Lipinski definition) is 0. The highest BCUT2D eigenvalue weighted by atomic mass is 79.9. The fourth-order valence-corrected chi connectivity index (χ4v) is 3.60. The fourth-order valence-electron chi connectivity index (χ4n) is 2.42. The second-order valence-electron chi connectivity index (χ2n) is 5.05. The number of rotatable bonds is 6. The van der Waals surface area contributed by atoms with Crippen LogP contribution in [0.2, 0.25) is 0 Å². The van der Waals surface area contributed by atoms with Gasteiger partial charge >= 0.3 is 0 Å². The van der Waals surface area contributed by atoms with Crippen LogP contribution in [0.15, 0.2) is 53.0 Å². The SMILES string of the molecule is COc1ccccc1CC(CCl)(CCl)c1cccc(Br)c1. The molecule has 0 aromatic heterocycles. The molecule has 0 bridgehead atoms. The summed E-state index contributed by atoms with van der Waals surface area (Å²) in [6.45, 7) is 0. The molecule has 0 saturated carbocycles. The van der Waals surface area contributed by atoms with Crippen LogP contribution in [0.1, 0.15) is 11.1 Å². The average molecular weight is 388 g/mol. The maximum absolute atomic E-state index is 6.32. The molecule has 112 valence electrons. The number of ether oxygens (including phenoxy) is 1. The van der Waals surface area contributed by atoms with Crippen molar-refractivity contribution in [2.45, 2.75) is 11.8 Å². The van der Waals surface area contributed by atoms with E-state index in [1.165, 1.54) is 0 Å². The summed E-state index contributed by atoms with van der Waals surface area (Å²) in [6, 6.07) is 16.2. The lowest BCUT2D eigenvalue weighted by Crippen LogP contribution is -2.33. The molecule has 0 aliphatic heterocycles. The topological polar surface area (TPSA) is 9.23 Å². The highest BCUT2D eigenvalue weighted by molar-refractivity contribution is 9.10. The second kappa shape index (κ2) is 7.53. The lowest BCUT2D eigenvalue weighted by molar-refractivity contribution is 0.403. The van der Waals surface area contributed by atoms with E-state index in [0.29, 0.717) is 11.8 Å². The Labute approximate surface area is 144 Å². The Balaban J connectivity index is 2.43. The van der Waals surface area contributed by atoms with E-state index in [2.05, 4.69) is 34.1 Å². The highest BCUT2D eigenvalue weighted by Gasteiger charge is 2.32. The normalized spacial score (nSPS) is 11.4. The predicted octanol–water partition coefficient (Wildman–Crippen LogP) is 5.42. The first-order chi connectivity index (χ1) is 10.1. The van der Waals surface area contributed by atoms with Gasteiger partial charge in [0.05, 0.1) is 7.11 Å². The number of halogens is 3. The van der Waals surface area contributed by atoms with Crippen molar-refractivity contribution in [3.05, 3.63) is 64.1 Å². The maximum atomic E-state index is 6.32. The van der Waals surface area contributed by atoms with E-state index in [1.807, 2.05) is 30.3 Å². The molecule has 1 nitrogen and oxygen atoms in total. The zero-order chi connectivity index (χ0) is 15.3. The molecule has 0 fully saturated rings. The van der Waals surface area contributed by atoms with Gasteiger partial charge in [0, 0.05) is 21.6 Å². The minimum atomic E-state index is -0.318. The molecule has 0 atom stereocenters. The quantitative estimate of drug-likeness (QED) is 0.601. The minimum absolute atomic E-state index is 0.318. The molecule has 2 rings (SSSR count). The van der Waals surface area contributed by atoms with Crippen LogP contribution in [0.3, 0.4) is 0 Å². The first kappa shape index (κ1) is 16.7. The van der Waals surface area contributed by atoms with Crippen LogP contribution in [0.25, 0.3) is 0 Å². The number of hydrogen-bond acceptors (Lipinski definition) is 1. The molecule has 2 aromatic rings. The van der Waals surface area contributed by atoms with E-state index >= 15 is 0 Å². The molecule has 2 aromatic carbocycles. The molecule has 0 radical (unpaired) electrons. The van der Waals surface area contributed by atoms with Gasteiger partial charge in [0.2, 0.25) is 0 Å². The minimum Gasteiger partial charge on any atom is -0.496 e. The van der Waals surface area contributed by atoms with Gasteiger partial charge in [-0.1, -0.05) is 46.3 Å². The molecule has 0 unspecified atom stereocenters. The van der Waals surface area contributed by atoms with Crippen LogP contribution < -0.4 is 4.74 Å². The Morgan fingerprint density at radius 1 is 1.05 bits per heavy atom. The van der Waals surface area contributed by atoms with Gasteiger partial charge in [-0.05, 0) is 35.7 Å². The molecule has 0 aliphatic carbocycles. The number of para-hydroxylation sites is 1. The van der Waals surface area contributed by atoms with E-state index < -0.39 is 0 Å². The molecule has 0 amide bonds. The Hall–Kier alpha value is -0.700. The Morgan fingerprint density at radius 3 is 2.38 bits per heavy atom. The van der Waals surface area contributed by atoms with E-state index in [4.69, 9.17) is 27.9 Å². The zero-order valence-corrected chi connectivity index (χ0v) is 14.9. The molecule has 0 saturated heterocycles. The second-order valence-corrected chi connectivity index (χ2v) is 6.50. The van der Waals surface area contributed by atoms with Crippen molar-refractivity contribution in [1.82, 2.24) is 0 Å². The first-order valence-corrected chi connectivity index (χ1v) is 8.51. The van der Waals surface area contributed by atoms with Crippen LogP contribution >= 0.6 is 39.1 Å². The standard InChI is InChI=1S/C17H17BrCl2O/c1-21-16-8-3-2-5-13(16)10-17(11-19,12-20)14-6-4-7-15(18)9-14/h2-9H,10-12H2,1H3. The van der Waals surface area contributed by atoms with Crippen LogP contribution in [0.4, 0.5) is 0 Å². The molecule has 0 spiro atoms. The summed E-state index contributed by atoms with van der Waals surface area (Å²) in [5.74, 6) is 1.77. The van der Waals surface area contributed by atoms with E-state index in [0.717, 1.165) is 27.8 Å². The fraction of sp³-hybridized carbons (Fsp3) is 0.294. The van der Waals surface area contributed by atoms with Crippen molar-refractivity contribution in [3.63, 3.8) is 0 Å². The molecular weight excluding hydrogens is 371 g/mol. The lowest BCUT2D eigenvalue weighted by Gasteiger charge is -2.31. The summed E-state index contributed by atoms with van der Waals surface area (Å²) in [5.41, 5.74) is 1.93. The highest BCUT2D eigenvalue weighted by Crippen LogP contribution is 2.35. The molecule has 21 heavy (non-hydrogen) atoms. The summed E-state index contributed by atoms with van der Waals surface area (Å²) in [4.78, 5) is 0. The third kappa shape index (κ3) is 3.74. The van der Waals surface area contributed by atoms with Crippen LogP contribution in [0.5, 0.6) is 5.75 Å². The van der Waals surface area contributed by atoms with Crippen molar-refractivity contribution >= 4 is 39.1 Å². The van der Waals surface area contributed by atoms with Gasteiger partial charge in [0.15, 0.2) is 0 Å². The molecule has 0 aliphatic rings.